The standard InChI is InChI=1S/C13H18N2O2/c1-13(2,17)10-14-9-8-12(16)15(14)11-6-4-3-5-7-11/h3-7,17H,8-10H2,1-2H3. The Morgan fingerprint density at radius 3 is 2.53 bits per heavy atom. The van der Waals surface area contributed by atoms with Gasteiger partial charge in [-0.2, -0.15) is 0 Å². The van der Waals surface area contributed by atoms with Crippen molar-refractivity contribution < 1.29 is 9.90 Å². The van der Waals surface area contributed by atoms with E-state index < -0.39 is 5.60 Å². The average molecular weight is 234 g/mol. The number of benzene rings is 1. The number of rotatable bonds is 3. The van der Waals surface area contributed by atoms with Gasteiger partial charge in [-0.25, -0.2) is 10.0 Å². The number of para-hydroxylation sites is 1. The van der Waals surface area contributed by atoms with Crippen LogP contribution in [0.15, 0.2) is 30.3 Å². The molecule has 1 heterocycles. The second-order valence-corrected chi connectivity index (χ2v) is 4.99. The van der Waals surface area contributed by atoms with Crippen LogP contribution in [0.5, 0.6) is 0 Å². The molecule has 1 aliphatic rings. The summed E-state index contributed by atoms with van der Waals surface area (Å²) < 4.78 is 0. The summed E-state index contributed by atoms with van der Waals surface area (Å²) in [6.07, 6.45) is 0.505. The van der Waals surface area contributed by atoms with Crippen molar-refractivity contribution in [3.63, 3.8) is 0 Å². The molecule has 0 aromatic heterocycles. The van der Waals surface area contributed by atoms with Gasteiger partial charge in [0.25, 0.3) is 0 Å². The molecule has 0 unspecified atom stereocenters. The first-order valence-electron chi connectivity index (χ1n) is 5.83. The summed E-state index contributed by atoms with van der Waals surface area (Å²) >= 11 is 0. The Morgan fingerprint density at radius 2 is 1.94 bits per heavy atom. The Balaban J connectivity index is 2.21. The summed E-state index contributed by atoms with van der Waals surface area (Å²) in [5.41, 5.74) is 0.0525. The third kappa shape index (κ3) is 2.84. The molecule has 92 valence electrons. The zero-order chi connectivity index (χ0) is 12.5. The molecule has 1 aromatic carbocycles. The molecule has 1 aliphatic heterocycles. The first-order chi connectivity index (χ1) is 7.97. The van der Waals surface area contributed by atoms with Crippen LogP contribution in [0, 0.1) is 0 Å². The maximum atomic E-state index is 11.9. The molecule has 0 aliphatic carbocycles. The topological polar surface area (TPSA) is 43.8 Å². The van der Waals surface area contributed by atoms with Crippen LogP contribution in [0.25, 0.3) is 0 Å². The smallest absolute Gasteiger partial charge is 0.242 e. The highest BCUT2D eigenvalue weighted by molar-refractivity contribution is 5.94. The Bertz CT molecular complexity index is 398. The van der Waals surface area contributed by atoms with E-state index in [2.05, 4.69) is 0 Å². The first-order valence-corrected chi connectivity index (χ1v) is 5.83. The highest BCUT2D eigenvalue weighted by atomic mass is 16.3. The molecule has 1 saturated heterocycles. The van der Waals surface area contributed by atoms with Crippen molar-refractivity contribution in [2.24, 2.45) is 0 Å². The van der Waals surface area contributed by atoms with Crippen LogP contribution in [0.4, 0.5) is 5.69 Å². The maximum Gasteiger partial charge on any atom is 0.242 e. The minimum Gasteiger partial charge on any atom is -0.389 e. The molecule has 0 saturated carbocycles. The van der Waals surface area contributed by atoms with Crippen LogP contribution < -0.4 is 5.01 Å². The Morgan fingerprint density at radius 1 is 1.29 bits per heavy atom. The number of hydrogen-bond donors (Lipinski definition) is 1. The van der Waals surface area contributed by atoms with Crippen LogP contribution in [-0.2, 0) is 4.79 Å². The summed E-state index contributed by atoms with van der Waals surface area (Å²) in [4.78, 5) is 11.9. The summed E-state index contributed by atoms with van der Waals surface area (Å²) in [5.74, 6) is 0.0838. The van der Waals surface area contributed by atoms with E-state index in [4.69, 9.17) is 0 Å². The molecule has 4 nitrogen and oxygen atoms in total. The molecule has 4 heteroatoms. The van der Waals surface area contributed by atoms with Gasteiger partial charge >= 0.3 is 0 Å². The SMILES string of the molecule is CC(C)(O)CN1CCC(=O)N1c1ccccc1. The highest BCUT2D eigenvalue weighted by Gasteiger charge is 2.33. The van der Waals surface area contributed by atoms with E-state index in [9.17, 15) is 9.90 Å². The lowest BCUT2D eigenvalue weighted by atomic mass is 10.1. The van der Waals surface area contributed by atoms with Crippen molar-refractivity contribution in [2.75, 3.05) is 18.1 Å². The van der Waals surface area contributed by atoms with E-state index in [-0.39, 0.29) is 5.91 Å². The molecule has 2 rings (SSSR count). The number of β-amino-alcohol motifs (C(OH)–C–C–N with tert-alkyl or cyclic N) is 1. The normalized spacial score (nSPS) is 17.8. The second kappa shape index (κ2) is 4.47. The number of hydrogen-bond acceptors (Lipinski definition) is 3. The maximum absolute atomic E-state index is 11.9. The fraction of sp³-hybridized carbons (Fsp3) is 0.462. The van der Waals surface area contributed by atoms with Gasteiger partial charge in [-0.1, -0.05) is 18.2 Å². The van der Waals surface area contributed by atoms with Crippen LogP contribution in [-0.4, -0.2) is 34.7 Å². The van der Waals surface area contributed by atoms with Gasteiger partial charge in [-0.05, 0) is 26.0 Å². The summed E-state index contributed by atoms with van der Waals surface area (Å²) in [7, 11) is 0. The lowest BCUT2D eigenvalue weighted by Gasteiger charge is -2.32. The number of carbonyl (C=O) groups excluding carboxylic acids is 1. The molecular formula is C13H18N2O2. The molecule has 1 N–H and O–H groups in total. The van der Waals surface area contributed by atoms with Gasteiger partial charge in [0.15, 0.2) is 0 Å². The second-order valence-electron chi connectivity index (χ2n) is 4.99. The number of amides is 1. The van der Waals surface area contributed by atoms with Crippen LogP contribution in [0.2, 0.25) is 0 Å². The van der Waals surface area contributed by atoms with E-state index in [1.54, 1.807) is 18.9 Å². The minimum atomic E-state index is -0.808. The molecule has 0 atom stereocenters. The van der Waals surface area contributed by atoms with E-state index >= 15 is 0 Å². The highest BCUT2D eigenvalue weighted by Crippen LogP contribution is 2.23. The quantitative estimate of drug-likeness (QED) is 0.860. The number of nitrogens with zero attached hydrogens (tertiary/aromatic N) is 2. The number of carbonyl (C=O) groups is 1. The summed E-state index contributed by atoms with van der Waals surface area (Å²) in [6, 6.07) is 9.54. The van der Waals surface area contributed by atoms with Gasteiger partial charge in [0, 0.05) is 19.5 Å². The van der Waals surface area contributed by atoms with Crippen LogP contribution in [0.1, 0.15) is 20.3 Å². The number of anilines is 1. The molecular weight excluding hydrogens is 216 g/mol. The predicted octanol–water partition coefficient (Wildman–Crippen LogP) is 1.41. The lowest BCUT2D eigenvalue weighted by Crippen LogP contribution is -2.46. The van der Waals surface area contributed by atoms with Gasteiger partial charge in [0.05, 0.1) is 11.3 Å². The van der Waals surface area contributed by atoms with Crippen molar-refractivity contribution in [3.8, 4) is 0 Å². The Kier molecular flexibility index (Phi) is 3.17. The van der Waals surface area contributed by atoms with Gasteiger partial charge < -0.3 is 5.11 Å². The molecule has 17 heavy (non-hydrogen) atoms. The van der Waals surface area contributed by atoms with Crippen LogP contribution >= 0.6 is 0 Å². The predicted molar refractivity (Wildman–Crippen MR) is 66.4 cm³/mol. The monoisotopic (exact) mass is 234 g/mol. The first kappa shape index (κ1) is 12.1. The van der Waals surface area contributed by atoms with Crippen molar-refractivity contribution >= 4 is 11.6 Å². The molecule has 0 radical (unpaired) electrons. The van der Waals surface area contributed by atoms with Crippen LogP contribution in [0.3, 0.4) is 0 Å². The zero-order valence-corrected chi connectivity index (χ0v) is 10.3. The van der Waals surface area contributed by atoms with Gasteiger partial charge in [-0.3, -0.25) is 4.79 Å². The molecule has 0 bridgehead atoms. The van der Waals surface area contributed by atoms with Crippen molar-refractivity contribution in [1.82, 2.24) is 5.01 Å². The van der Waals surface area contributed by atoms with Crippen molar-refractivity contribution in [3.05, 3.63) is 30.3 Å². The third-order valence-electron chi connectivity index (χ3n) is 2.67. The van der Waals surface area contributed by atoms with Crippen molar-refractivity contribution in [2.45, 2.75) is 25.9 Å². The van der Waals surface area contributed by atoms with Crippen molar-refractivity contribution in [1.29, 1.82) is 0 Å². The fourth-order valence-corrected chi connectivity index (χ4v) is 2.06. The molecule has 0 spiro atoms. The minimum absolute atomic E-state index is 0.0838. The van der Waals surface area contributed by atoms with Gasteiger partial charge in [-0.15, -0.1) is 0 Å². The Hall–Kier alpha value is -1.39. The third-order valence-corrected chi connectivity index (χ3v) is 2.67. The summed E-state index contributed by atoms with van der Waals surface area (Å²) in [6.45, 7) is 4.61. The fourth-order valence-electron chi connectivity index (χ4n) is 2.06. The van der Waals surface area contributed by atoms with E-state index in [0.29, 0.717) is 19.5 Å². The average Bonchev–Trinajstić information content (AvgIpc) is 2.58. The zero-order valence-electron chi connectivity index (χ0n) is 10.3. The molecule has 1 amide bonds. The summed E-state index contributed by atoms with van der Waals surface area (Å²) in [5, 5.41) is 13.4. The van der Waals surface area contributed by atoms with E-state index in [1.165, 1.54) is 0 Å². The number of hydrazine groups is 1. The Labute approximate surface area is 101 Å². The molecule has 1 aromatic rings. The van der Waals surface area contributed by atoms with E-state index in [0.717, 1.165) is 5.69 Å². The van der Waals surface area contributed by atoms with E-state index in [1.807, 2.05) is 35.3 Å². The van der Waals surface area contributed by atoms with Gasteiger partial charge in [0.2, 0.25) is 5.91 Å². The molecule has 1 fully saturated rings. The lowest BCUT2D eigenvalue weighted by molar-refractivity contribution is -0.118. The van der Waals surface area contributed by atoms with Gasteiger partial charge in [0.1, 0.15) is 0 Å². The number of aliphatic hydroxyl groups is 1. The largest absolute Gasteiger partial charge is 0.389 e.